The van der Waals surface area contributed by atoms with Gasteiger partial charge in [-0.05, 0) is 49.7 Å². The van der Waals surface area contributed by atoms with E-state index >= 15 is 0 Å². The molecule has 6 heteroatoms. The summed E-state index contributed by atoms with van der Waals surface area (Å²) in [5, 5.41) is 6.67. The average Bonchev–Trinajstić information content (AvgIpc) is 3.31. The van der Waals surface area contributed by atoms with Crippen LogP contribution >= 0.6 is 0 Å². The maximum Gasteiger partial charge on any atom is 0.191 e. The van der Waals surface area contributed by atoms with Crippen molar-refractivity contribution in [2.24, 2.45) is 10.9 Å². The minimum absolute atomic E-state index is 0.727. The van der Waals surface area contributed by atoms with Crippen molar-refractivity contribution in [1.82, 2.24) is 15.6 Å². The standard InChI is InChI=1S/C19H31N5O/c1-20-19(21-9-4-12-25-15-16-5-6-16)23-14-17-7-8-18(22-13-17)24-10-2-3-11-24/h7-8,13,16H,2-6,9-12,14-15H2,1H3,(H2,20,21,23). The lowest BCUT2D eigenvalue weighted by molar-refractivity contribution is 0.123. The van der Waals surface area contributed by atoms with E-state index in [1.165, 1.54) is 31.2 Å². The summed E-state index contributed by atoms with van der Waals surface area (Å²) in [6.45, 7) is 5.62. The fourth-order valence-electron chi connectivity index (χ4n) is 2.98. The number of hydrogen-bond acceptors (Lipinski definition) is 4. The zero-order valence-corrected chi connectivity index (χ0v) is 15.3. The summed E-state index contributed by atoms with van der Waals surface area (Å²) in [6, 6.07) is 4.27. The van der Waals surface area contributed by atoms with Crippen molar-refractivity contribution in [1.29, 1.82) is 0 Å². The van der Waals surface area contributed by atoms with Crippen LogP contribution < -0.4 is 15.5 Å². The second kappa shape index (κ2) is 9.61. The minimum Gasteiger partial charge on any atom is -0.381 e. The van der Waals surface area contributed by atoms with Crippen LogP contribution in [0.1, 0.15) is 37.7 Å². The molecule has 0 amide bonds. The highest BCUT2D eigenvalue weighted by atomic mass is 16.5. The number of hydrogen-bond donors (Lipinski definition) is 2. The molecule has 0 bridgehead atoms. The molecule has 0 atom stereocenters. The molecule has 0 unspecified atom stereocenters. The molecule has 138 valence electrons. The molecule has 25 heavy (non-hydrogen) atoms. The van der Waals surface area contributed by atoms with Crippen molar-refractivity contribution in [3.8, 4) is 0 Å². The number of nitrogens with zero attached hydrogens (tertiary/aromatic N) is 3. The highest BCUT2D eigenvalue weighted by Crippen LogP contribution is 2.28. The number of aromatic nitrogens is 1. The van der Waals surface area contributed by atoms with Crippen LogP contribution in [0.5, 0.6) is 0 Å². The fraction of sp³-hybridized carbons (Fsp3) is 0.684. The van der Waals surface area contributed by atoms with Gasteiger partial charge in [0, 0.05) is 52.6 Å². The first-order valence-electron chi connectivity index (χ1n) is 9.57. The zero-order valence-electron chi connectivity index (χ0n) is 15.3. The first-order chi connectivity index (χ1) is 12.3. The maximum atomic E-state index is 5.64. The Kier molecular flexibility index (Phi) is 6.91. The molecule has 3 rings (SSSR count). The molecule has 2 heterocycles. The summed E-state index contributed by atoms with van der Waals surface area (Å²) in [4.78, 5) is 11.2. The molecule has 6 nitrogen and oxygen atoms in total. The molecule has 1 saturated carbocycles. The number of nitrogens with one attached hydrogen (secondary N) is 2. The van der Waals surface area contributed by atoms with E-state index < -0.39 is 0 Å². The number of aliphatic imine (C=N–C) groups is 1. The molecule has 2 N–H and O–H groups in total. The summed E-state index contributed by atoms with van der Waals surface area (Å²) >= 11 is 0. The molecule has 0 aromatic carbocycles. The molecule has 0 spiro atoms. The van der Waals surface area contributed by atoms with Crippen LogP contribution in [0.3, 0.4) is 0 Å². The molecule has 2 fully saturated rings. The molecule has 1 saturated heterocycles. The number of rotatable bonds is 9. The normalized spacial score (nSPS) is 17.8. The maximum absolute atomic E-state index is 5.64. The summed E-state index contributed by atoms with van der Waals surface area (Å²) < 4.78 is 5.64. The van der Waals surface area contributed by atoms with Crippen LogP contribution in [-0.4, -0.2) is 50.8 Å². The topological polar surface area (TPSA) is 61.8 Å². The van der Waals surface area contributed by atoms with E-state index in [9.17, 15) is 0 Å². The van der Waals surface area contributed by atoms with Crippen LogP contribution in [0.25, 0.3) is 0 Å². The highest BCUT2D eigenvalue weighted by molar-refractivity contribution is 5.79. The molecule has 1 aromatic rings. The predicted molar refractivity (Wildman–Crippen MR) is 102 cm³/mol. The van der Waals surface area contributed by atoms with Crippen LogP contribution in [0.2, 0.25) is 0 Å². The Hall–Kier alpha value is -1.82. The van der Waals surface area contributed by atoms with Gasteiger partial charge in [0.25, 0.3) is 0 Å². The van der Waals surface area contributed by atoms with Gasteiger partial charge in [0.15, 0.2) is 5.96 Å². The number of pyridine rings is 1. The van der Waals surface area contributed by atoms with E-state index in [-0.39, 0.29) is 0 Å². The highest BCUT2D eigenvalue weighted by Gasteiger charge is 2.20. The van der Waals surface area contributed by atoms with E-state index in [0.29, 0.717) is 0 Å². The third-order valence-corrected chi connectivity index (χ3v) is 4.73. The van der Waals surface area contributed by atoms with Crippen LogP contribution in [-0.2, 0) is 11.3 Å². The second-order valence-corrected chi connectivity index (χ2v) is 6.94. The quantitative estimate of drug-likeness (QED) is 0.408. The van der Waals surface area contributed by atoms with E-state index in [1.54, 1.807) is 7.05 Å². The molecule has 1 aliphatic carbocycles. The van der Waals surface area contributed by atoms with Gasteiger partial charge >= 0.3 is 0 Å². The minimum atomic E-state index is 0.727. The molecule has 2 aliphatic rings. The Morgan fingerprint density at radius 1 is 1.28 bits per heavy atom. The third kappa shape index (κ3) is 6.20. The summed E-state index contributed by atoms with van der Waals surface area (Å²) in [6.07, 6.45) is 8.21. The lowest BCUT2D eigenvalue weighted by Crippen LogP contribution is -2.37. The Bertz CT molecular complexity index is 535. The van der Waals surface area contributed by atoms with Gasteiger partial charge in [-0.3, -0.25) is 4.99 Å². The smallest absolute Gasteiger partial charge is 0.191 e. The average molecular weight is 345 g/mol. The van der Waals surface area contributed by atoms with Crippen molar-refractivity contribution >= 4 is 11.8 Å². The van der Waals surface area contributed by atoms with Crippen molar-refractivity contribution in [2.75, 3.05) is 44.8 Å². The van der Waals surface area contributed by atoms with E-state index in [2.05, 4.69) is 37.6 Å². The first-order valence-corrected chi connectivity index (χ1v) is 9.57. The Morgan fingerprint density at radius 3 is 2.80 bits per heavy atom. The molecule has 0 radical (unpaired) electrons. The largest absolute Gasteiger partial charge is 0.381 e. The van der Waals surface area contributed by atoms with Crippen molar-refractivity contribution in [3.05, 3.63) is 23.9 Å². The predicted octanol–water partition coefficient (Wildman–Crippen LogP) is 2.16. The van der Waals surface area contributed by atoms with Gasteiger partial charge in [0.05, 0.1) is 0 Å². The van der Waals surface area contributed by atoms with E-state index in [1.807, 2.05) is 6.20 Å². The van der Waals surface area contributed by atoms with Gasteiger partial charge in [0.1, 0.15) is 5.82 Å². The number of guanidine groups is 1. The van der Waals surface area contributed by atoms with Crippen molar-refractivity contribution < 1.29 is 4.74 Å². The summed E-state index contributed by atoms with van der Waals surface area (Å²) in [7, 11) is 1.80. The van der Waals surface area contributed by atoms with Gasteiger partial charge in [-0.1, -0.05) is 6.07 Å². The summed E-state index contributed by atoms with van der Waals surface area (Å²) in [5.74, 6) is 2.76. The monoisotopic (exact) mass is 345 g/mol. The molecular weight excluding hydrogens is 314 g/mol. The Labute approximate surface area is 151 Å². The number of anilines is 1. The molecular formula is C19H31N5O. The van der Waals surface area contributed by atoms with Gasteiger partial charge in [-0.15, -0.1) is 0 Å². The summed E-state index contributed by atoms with van der Waals surface area (Å²) in [5.41, 5.74) is 1.17. The lowest BCUT2D eigenvalue weighted by atomic mass is 10.3. The van der Waals surface area contributed by atoms with E-state index in [4.69, 9.17) is 4.74 Å². The Balaban J connectivity index is 1.31. The lowest BCUT2D eigenvalue weighted by Gasteiger charge is -2.16. The Morgan fingerprint density at radius 2 is 2.12 bits per heavy atom. The van der Waals surface area contributed by atoms with Crippen LogP contribution in [0.15, 0.2) is 23.3 Å². The zero-order chi connectivity index (χ0) is 17.3. The molecule has 1 aliphatic heterocycles. The first kappa shape index (κ1) is 18.0. The van der Waals surface area contributed by atoms with Gasteiger partial charge < -0.3 is 20.3 Å². The van der Waals surface area contributed by atoms with Crippen LogP contribution in [0, 0.1) is 5.92 Å². The van der Waals surface area contributed by atoms with Gasteiger partial charge in [0.2, 0.25) is 0 Å². The van der Waals surface area contributed by atoms with Crippen LogP contribution in [0.4, 0.5) is 5.82 Å². The number of ether oxygens (including phenoxy) is 1. The molecule has 1 aromatic heterocycles. The van der Waals surface area contributed by atoms with Crippen molar-refractivity contribution in [2.45, 2.75) is 38.6 Å². The van der Waals surface area contributed by atoms with Crippen molar-refractivity contribution in [3.63, 3.8) is 0 Å². The van der Waals surface area contributed by atoms with Gasteiger partial charge in [-0.2, -0.15) is 0 Å². The second-order valence-electron chi connectivity index (χ2n) is 6.94. The fourth-order valence-corrected chi connectivity index (χ4v) is 2.98. The van der Waals surface area contributed by atoms with E-state index in [0.717, 1.165) is 63.5 Å². The SMILES string of the molecule is CN=C(NCCCOCC1CC1)NCc1ccc(N2CCCC2)nc1. The third-order valence-electron chi connectivity index (χ3n) is 4.73. The van der Waals surface area contributed by atoms with Gasteiger partial charge in [-0.25, -0.2) is 4.98 Å².